The van der Waals surface area contributed by atoms with Crippen molar-refractivity contribution in [1.82, 2.24) is 20.2 Å². The van der Waals surface area contributed by atoms with Gasteiger partial charge < -0.3 is 14.8 Å². The van der Waals surface area contributed by atoms with Crippen LogP contribution >= 0.6 is 11.6 Å². The lowest BCUT2D eigenvalue weighted by Gasteiger charge is -2.09. The van der Waals surface area contributed by atoms with Crippen LogP contribution in [0.15, 0.2) is 30.6 Å². The predicted molar refractivity (Wildman–Crippen MR) is 118 cm³/mol. The number of aromatic nitrogens is 4. The molecule has 0 saturated heterocycles. The highest BCUT2D eigenvalue weighted by atomic mass is 35.5. The molecule has 0 unspecified atom stereocenters. The van der Waals surface area contributed by atoms with Gasteiger partial charge in [0.1, 0.15) is 17.9 Å². The van der Waals surface area contributed by atoms with E-state index < -0.39 is 47.2 Å². The molecule has 0 atom stereocenters. The molecule has 2 N–H and O–H groups in total. The number of rotatable bonds is 9. The number of carbonyl (C=O) groups excluding carboxylic acids is 1. The van der Waals surface area contributed by atoms with Crippen molar-refractivity contribution in [1.29, 1.82) is 0 Å². The predicted octanol–water partition coefficient (Wildman–Crippen LogP) is 4.95. The standard InChI is InChI=1S/C22H15ClF5N5O3/c23-4-1-5-35-11-2-3-12-13(8-11)29-9-30-22(12)31-14-6-10(32-33-14)7-15(34)36-21-19(27)17(25)16(24)18(26)20(21)28/h2-3,6,8-9H,1,4-5,7H2,(H2,29,30,31,32,33). The van der Waals surface area contributed by atoms with E-state index in [2.05, 4.69) is 30.2 Å². The van der Waals surface area contributed by atoms with Crippen LogP contribution in [0.1, 0.15) is 12.1 Å². The number of aromatic amines is 1. The van der Waals surface area contributed by atoms with Crippen LogP contribution in [0, 0.1) is 29.1 Å². The molecule has 0 spiro atoms. The number of fused-ring (bicyclic) bond motifs is 1. The van der Waals surface area contributed by atoms with Gasteiger partial charge >= 0.3 is 5.97 Å². The van der Waals surface area contributed by atoms with E-state index in [1.807, 2.05) is 0 Å². The summed E-state index contributed by atoms with van der Waals surface area (Å²) in [5.41, 5.74) is 0.706. The van der Waals surface area contributed by atoms with E-state index in [9.17, 15) is 26.7 Å². The van der Waals surface area contributed by atoms with Gasteiger partial charge in [0.05, 0.1) is 18.5 Å². The fourth-order valence-electron chi connectivity index (χ4n) is 3.09. The summed E-state index contributed by atoms with van der Waals surface area (Å²) in [7, 11) is 0. The SMILES string of the molecule is O=C(Cc1cc(Nc2ncnc3cc(OCCCCl)ccc23)n[nH]1)Oc1c(F)c(F)c(F)c(F)c1F. The molecule has 0 aliphatic rings. The number of halogens is 6. The number of hydrogen-bond acceptors (Lipinski definition) is 7. The summed E-state index contributed by atoms with van der Waals surface area (Å²) in [5, 5.41) is 10.0. The van der Waals surface area contributed by atoms with Crippen molar-refractivity contribution in [3.63, 3.8) is 0 Å². The van der Waals surface area contributed by atoms with Crippen LogP contribution in [0.2, 0.25) is 0 Å². The van der Waals surface area contributed by atoms with E-state index in [1.165, 1.54) is 12.4 Å². The second kappa shape index (κ2) is 10.7. The zero-order valence-corrected chi connectivity index (χ0v) is 18.8. The van der Waals surface area contributed by atoms with E-state index in [-0.39, 0.29) is 11.5 Å². The van der Waals surface area contributed by atoms with Crippen molar-refractivity contribution in [3.8, 4) is 11.5 Å². The number of carbonyl (C=O) groups is 1. The highest BCUT2D eigenvalue weighted by molar-refractivity contribution is 6.17. The van der Waals surface area contributed by atoms with Gasteiger partial charge in [-0.3, -0.25) is 9.89 Å². The lowest BCUT2D eigenvalue weighted by atomic mass is 10.2. The average molecular weight is 528 g/mol. The molecular weight excluding hydrogens is 513 g/mol. The second-order valence-corrected chi connectivity index (χ2v) is 7.62. The first-order chi connectivity index (χ1) is 17.3. The van der Waals surface area contributed by atoms with E-state index >= 15 is 0 Å². The first-order valence-corrected chi connectivity index (χ1v) is 10.8. The Balaban J connectivity index is 1.45. The number of ether oxygens (including phenoxy) is 2. The third kappa shape index (κ3) is 5.30. The van der Waals surface area contributed by atoms with Crippen molar-refractivity contribution >= 4 is 40.1 Å². The van der Waals surface area contributed by atoms with Crippen LogP contribution in [0.5, 0.6) is 11.5 Å². The van der Waals surface area contributed by atoms with Crippen molar-refractivity contribution in [3.05, 3.63) is 65.4 Å². The van der Waals surface area contributed by atoms with Gasteiger partial charge in [-0.2, -0.15) is 13.9 Å². The van der Waals surface area contributed by atoms with Crippen LogP contribution in [-0.2, 0) is 11.2 Å². The summed E-state index contributed by atoms with van der Waals surface area (Å²) in [6.45, 7) is 0.452. The summed E-state index contributed by atoms with van der Waals surface area (Å²) in [4.78, 5) is 20.4. The van der Waals surface area contributed by atoms with Crippen molar-refractivity contribution in [2.45, 2.75) is 12.8 Å². The summed E-state index contributed by atoms with van der Waals surface area (Å²) in [6, 6.07) is 6.57. The number of anilines is 2. The number of nitrogens with zero attached hydrogens (tertiary/aromatic N) is 3. The third-order valence-corrected chi connectivity index (χ3v) is 5.02. The maximum Gasteiger partial charge on any atom is 0.317 e. The fraction of sp³-hybridized carbons (Fsp3) is 0.182. The van der Waals surface area contributed by atoms with Gasteiger partial charge in [0.25, 0.3) is 0 Å². The van der Waals surface area contributed by atoms with Crippen LogP contribution in [0.3, 0.4) is 0 Å². The molecule has 2 aromatic heterocycles. The Morgan fingerprint density at radius 1 is 1.00 bits per heavy atom. The molecule has 0 aliphatic carbocycles. The second-order valence-electron chi connectivity index (χ2n) is 7.25. The van der Waals surface area contributed by atoms with E-state index in [0.717, 1.165) is 0 Å². The Morgan fingerprint density at radius 3 is 2.44 bits per heavy atom. The lowest BCUT2D eigenvalue weighted by molar-refractivity contribution is -0.134. The molecule has 8 nitrogen and oxygen atoms in total. The largest absolute Gasteiger partial charge is 0.493 e. The van der Waals surface area contributed by atoms with Crippen molar-refractivity contribution in [2.75, 3.05) is 17.8 Å². The van der Waals surface area contributed by atoms with Crippen LogP contribution < -0.4 is 14.8 Å². The molecule has 0 radical (unpaired) electrons. The molecule has 36 heavy (non-hydrogen) atoms. The Labute approximate surface area is 204 Å². The number of alkyl halides is 1. The van der Waals surface area contributed by atoms with Gasteiger partial charge in [-0.1, -0.05) is 0 Å². The van der Waals surface area contributed by atoms with Gasteiger partial charge in [-0.15, -0.1) is 11.6 Å². The van der Waals surface area contributed by atoms with E-state index in [0.29, 0.717) is 41.4 Å². The zero-order valence-electron chi connectivity index (χ0n) is 18.0. The van der Waals surface area contributed by atoms with Gasteiger partial charge in [-0.25, -0.2) is 23.1 Å². The first-order valence-electron chi connectivity index (χ1n) is 10.3. The normalized spacial score (nSPS) is 11.1. The van der Waals surface area contributed by atoms with Crippen molar-refractivity contribution < 1.29 is 36.2 Å². The van der Waals surface area contributed by atoms with Gasteiger partial charge in [0.2, 0.25) is 34.8 Å². The molecule has 188 valence electrons. The van der Waals surface area contributed by atoms with Crippen LogP contribution in [0.25, 0.3) is 10.9 Å². The molecule has 4 aromatic rings. The van der Waals surface area contributed by atoms with Crippen LogP contribution in [0.4, 0.5) is 33.6 Å². The molecule has 4 rings (SSSR count). The smallest absolute Gasteiger partial charge is 0.317 e. The molecule has 2 heterocycles. The molecule has 0 fully saturated rings. The minimum absolute atomic E-state index is 0.125. The number of H-pyrrole nitrogens is 1. The highest BCUT2D eigenvalue weighted by Gasteiger charge is 2.28. The topological polar surface area (TPSA) is 102 Å². The van der Waals surface area contributed by atoms with Crippen LogP contribution in [-0.4, -0.2) is 38.6 Å². The van der Waals surface area contributed by atoms with E-state index in [4.69, 9.17) is 16.3 Å². The molecular formula is C22H15ClF5N5O3. The van der Waals surface area contributed by atoms with Gasteiger partial charge in [0.15, 0.2) is 5.82 Å². The number of hydrogen-bond donors (Lipinski definition) is 2. The maximum atomic E-state index is 13.7. The quantitative estimate of drug-likeness (QED) is 0.0604. The maximum absolute atomic E-state index is 13.7. The zero-order chi connectivity index (χ0) is 25.8. The summed E-state index contributed by atoms with van der Waals surface area (Å²) in [5.74, 6) is -12.6. The molecule has 0 saturated carbocycles. The number of esters is 1. The Hall–Kier alpha value is -4.00. The van der Waals surface area contributed by atoms with Gasteiger partial charge in [-0.05, 0) is 18.6 Å². The third-order valence-electron chi connectivity index (χ3n) is 4.75. The molecule has 0 bridgehead atoms. The van der Waals surface area contributed by atoms with E-state index in [1.54, 1.807) is 18.2 Å². The number of benzene rings is 2. The van der Waals surface area contributed by atoms with Gasteiger partial charge in [0, 0.05) is 29.1 Å². The highest BCUT2D eigenvalue weighted by Crippen LogP contribution is 2.30. The molecule has 0 amide bonds. The Bertz CT molecular complexity index is 1410. The average Bonchev–Trinajstić information content (AvgIpc) is 3.31. The summed E-state index contributed by atoms with van der Waals surface area (Å²) < 4.78 is 77.2. The molecule has 14 heteroatoms. The Kier molecular flexibility index (Phi) is 7.48. The number of nitrogens with one attached hydrogen (secondary N) is 2. The summed E-state index contributed by atoms with van der Waals surface area (Å²) >= 11 is 5.64. The Morgan fingerprint density at radius 2 is 1.72 bits per heavy atom. The minimum atomic E-state index is -2.36. The summed E-state index contributed by atoms with van der Waals surface area (Å²) in [6.07, 6.45) is 1.40. The monoisotopic (exact) mass is 527 g/mol. The lowest BCUT2D eigenvalue weighted by Crippen LogP contribution is -2.15. The van der Waals surface area contributed by atoms with Crippen molar-refractivity contribution in [2.24, 2.45) is 0 Å². The fourth-order valence-corrected chi connectivity index (χ4v) is 3.20. The molecule has 0 aliphatic heterocycles. The minimum Gasteiger partial charge on any atom is -0.493 e. The first kappa shape index (κ1) is 25.1. The molecule has 2 aromatic carbocycles.